The van der Waals surface area contributed by atoms with E-state index in [0.717, 1.165) is 30.6 Å². The molecule has 0 atom stereocenters. The summed E-state index contributed by atoms with van der Waals surface area (Å²) < 4.78 is 5.76. The summed E-state index contributed by atoms with van der Waals surface area (Å²) in [5, 5.41) is 11.7. The molecule has 1 aliphatic rings. The van der Waals surface area contributed by atoms with Gasteiger partial charge in [-0.1, -0.05) is 43.1 Å². The van der Waals surface area contributed by atoms with E-state index in [2.05, 4.69) is 22.4 Å². The Morgan fingerprint density at radius 1 is 1.45 bits per heavy atom. The van der Waals surface area contributed by atoms with Crippen LogP contribution in [0.2, 0.25) is 5.02 Å². The lowest BCUT2D eigenvalue weighted by Gasteiger charge is -2.08. The number of ether oxygens (including phenoxy) is 1. The van der Waals surface area contributed by atoms with Crippen molar-refractivity contribution in [1.29, 1.82) is 0 Å². The average molecular weight is 340 g/mol. The molecule has 0 aromatic heterocycles. The van der Waals surface area contributed by atoms with Crippen LogP contribution in [0.25, 0.3) is 0 Å². The topological polar surface area (TPSA) is 63.1 Å². The molecule has 118 valence electrons. The first-order valence-electron chi connectivity index (χ1n) is 7.15. The quantitative estimate of drug-likeness (QED) is 0.470. The van der Waals surface area contributed by atoms with Crippen LogP contribution in [0, 0.1) is 0 Å². The van der Waals surface area contributed by atoms with Gasteiger partial charge in [-0.05, 0) is 24.6 Å². The van der Waals surface area contributed by atoms with E-state index in [1.807, 2.05) is 6.07 Å². The summed E-state index contributed by atoms with van der Waals surface area (Å²) in [4.78, 5) is 11.1. The monoisotopic (exact) mass is 339 g/mol. The summed E-state index contributed by atoms with van der Waals surface area (Å²) in [6.45, 7) is 2.82. The number of carbonyl (C=O) groups excluding carboxylic acids is 1. The Balaban J connectivity index is 2.01. The standard InChI is InChI=1S/C15H18ClN3O2S/c1-2-3-4-7-21-13-6-5-12(16)8-11(13)9-17-19-15-18-14(20)10-22-15/h5-6,8-9H,2-4,7,10H2,1H3,(H,18,19,20). The van der Waals surface area contributed by atoms with Crippen molar-refractivity contribution in [3.63, 3.8) is 0 Å². The van der Waals surface area contributed by atoms with Crippen molar-refractivity contribution in [3.8, 4) is 5.75 Å². The molecule has 1 heterocycles. The minimum atomic E-state index is -0.0540. The van der Waals surface area contributed by atoms with Crippen LogP contribution in [-0.2, 0) is 4.79 Å². The minimum Gasteiger partial charge on any atom is -0.493 e. The molecule has 1 fully saturated rings. The highest BCUT2D eigenvalue weighted by Gasteiger charge is 2.15. The number of rotatable bonds is 7. The van der Waals surface area contributed by atoms with Crippen molar-refractivity contribution < 1.29 is 9.53 Å². The number of nitrogens with one attached hydrogen (secondary N) is 1. The van der Waals surface area contributed by atoms with Crippen molar-refractivity contribution in [1.82, 2.24) is 5.32 Å². The molecule has 1 N–H and O–H groups in total. The normalized spacial score (nSPS) is 16.5. The molecule has 5 nitrogen and oxygen atoms in total. The third-order valence-electron chi connectivity index (χ3n) is 2.91. The molecule has 1 amide bonds. The number of hydrogen-bond acceptors (Lipinski definition) is 5. The Kier molecular flexibility index (Phi) is 6.74. The second-order valence-electron chi connectivity index (χ2n) is 4.72. The Bertz CT molecular complexity index is 590. The van der Waals surface area contributed by atoms with E-state index in [9.17, 15) is 4.79 Å². The fraction of sp³-hybridized carbons (Fsp3) is 0.400. The molecule has 2 rings (SSSR count). The molecule has 0 bridgehead atoms. The van der Waals surface area contributed by atoms with Crippen molar-refractivity contribution in [2.75, 3.05) is 12.4 Å². The number of halogens is 1. The Hall–Kier alpha value is -1.53. The highest BCUT2D eigenvalue weighted by molar-refractivity contribution is 8.15. The Morgan fingerprint density at radius 2 is 2.32 bits per heavy atom. The zero-order chi connectivity index (χ0) is 15.8. The summed E-state index contributed by atoms with van der Waals surface area (Å²) in [7, 11) is 0. The van der Waals surface area contributed by atoms with Gasteiger partial charge in [-0.2, -0.15) is 5.10 Å². The van der Waals surface area contributed by atoms with E-state index < -0.39 is 0 Å². The predicted octanol–water partition coefficient (Wildman–Crippen LogP) is 3.46. The molecule has 22 heavy (non-hydrogen) atoms. The number of benzene rings is 1. The number of unbranched alkanes of at least 4 members (excludes halogenated alkanes) is 2. The first-order chi connectivity index (χ1) is 10.7. The zero-order valence-corrected chi connectivity index (χ0v) is 13.9. The lowest BCUT2D eigenvalue weighted by atomic mass is 10.2. The van der Waals surface area contributed by atoms with Crippen molar-refractivity contribution in [2.45, 2.75) is 26.2 Å². The van der Waals surface area contributed by atoms with Gasteiger partial charge in [0.05, 0.1) is 18.6 Å². The van der Waals surface area contributed by atoms with Crippen LogP contribution >= 0.6 is 23.4 Å². The van der Waals surface area contributed by atoms with Gasteiger partial charge in [0.25, 0.3) is 0 Å². The first kappa shape index (κ1) is 16.8. The highest BCUT2D eigenvalue weighted by Crippen LogP contribution is 2.22. The number of hydrogen-bond donors (Lipinski definition) is 1. The van der Waals surface area contributed by atoms with E-state index in [1.54, 1.807) is 18.3 Å². The predicted molar refractivity (Wildman–Crippen MR) is 92.1 cm³/mol. The van der Waals surface area contributed by atoms with Gasteiger partial charge >= 0.3 is 0 Å². The van der Waals surface area contributed by atoms with Gasteiger partial charge < -0.3 is 10.1 Å². The highest BCUT2D eigenvalue weighted by atomic mass is 35.5. The number of nitrogens with zero attached hydrogens (tertiary/aromatic N) is 2. The van der Waals surface area contributed by atoms with E-state index in [-0.39, 0.29) is 5.91 Å². The van der Waals surface area contributed by atoms with Gasteiger partial charge in [0.1, 0.15) is 5.75 Å². The molecule has 0 saturated carbocycles. The molecule has 1 aromatic carbocycles. The largest absolute Gasteiger partial charge is 0.493 e. The number of thioether (sulfide) groups is 1. The van der Waals surface area contributed by atoms with Crippen LogP contribution in [0.1, 0.15) is 31.7 Å². The maximum atomic E-state index is 11.1. The fourth-order valence-corrected chi connectivity index (χ4v) is 2.62. The lowest BCUT2D eigenvalue weighted by Crippen LogP contribution is -2.19. The molecule has 0 radical (unpaired) electrons. The van der Waals surface area contributed by atoms with E-state index >= 15 is 0 Å². The lowest BCUT2D eigenvalue weighted by molar-refractivity contribution is -0.116. The molecular weight excluding hydrogens is 322 g/mol. The molecule has 0 spiro atoms. The molecule has 0 aliphatic carbocycles. The maximum absolute atomic E-state index is 11.1. The van der Waals surface area contributed by atoms with Crippen LogP contribution in [0.3, 0.4) is 0 Å². The molecule has 1 aromatic rings. The van der Waals surface area contributed by atoms with Gasteiger partial charge in [0.15, 0.2) is 5.17 Å². The Morgan fingerprint density at radius 3 is 3.05 bits per heavy atom. The SMILES string of the molecule is CCCCCOc1ccc(Cl)cc1C=NN=C1NC(=O)CS1. The fourth-order valence-electron chi connectivity index (χ4n) is 1.81. The average Bonchev–Trinajstić information content (AvgIpc) is 2.91. The molecule has 0 unspecified atom stereocenters. The van der Waals surface area contributed by atoms with E-state index in [4.69, 9.17) is 16.3 Å². The van der Waals surface area contributed by atoms with Gasteiger partial charge in [-0.15, -0.1) is 5.10 Å². The summed E-state index contributed by atoms with van der Waals surface area (Å²) >= 11 is 7.34. The van der Waals surface area contributed by atoms with E-state index in [1.165, 1.54) is 11.8 Å². The van der Waals surface area contributed by atoms with Crippen LogP contribution in [0.5, 0.6) is 5.75 Å². The second kappa shape index (κ2) is 8.80. The van der Waals surface area contributed by atoms with Gasteiger partial charge in [0, 0.05) is 10.6 Å². The summed E-state index contributed by atoms with van der Waals surface area (Å²) in [6.07, 6.45) is 4.89. The van der Waals surface area contributed by atoms with Crippen LogP contribution in [0.4, 0.5) is 0 Å². The number of amidine groups is 1. The van der Waals surface area contributed by atoms with Gasteiger partial charge in [-0.25, -0.2) is 0 Å². The molecule has 1 aliphatic heterocycles. The van der Waals surface area contributed by atoms with Crippen LogP contribution in [-0.4, -0.2) is 29.6 Å². The summed E-state index contributed by atoms with van der Waals surface area (Å²) in [6, 6.07) is 5.39. The number of carbonyl (C=O) groups is 1. The van der Waals surface area contributed by atoms with Crippen LogP contribution < -0.4 is 10.1 Å². The summed E-state index contributed by atoms with van der Waals surface area (Å²) in [5.74, 6) is 1.06. The minimum absolute atomic E-state index is 0.0540. The Labute approximate surface area is 139 Å². The molecule has 7 heteroatoms. The third-order valence-corrected chi connectivity index (χ3v) is 4.01. The third kappa shape index (κ3) is 5.35. The van der Waals surface area contributed by atoms with Crippen molar-refractivity contribution >= 4 is 40.7 Å². The first-order valence-corrected chi connectivity index (χ1v) is 8.51. The molecule has 1 saturated heterocycles. The maximum Gasteiger partial charge on any atom is 0.236 e. The van der Waals surface area contributed by atoms with Crippen molar-refractivity contribution in [3.05, 3.63) is 28.8 Å². The van der Waals surface area contributed by atoms with Crippen molar-refractivity contribution in [2.24, 2.45) is 10.2 Å². The second-order valence-corrected chi connectivity index (χ2v) is 6.12. The summed E-state index contributed by atoms with van der Waals surface area (Å²) in [5.41, 5.74) is 0.766. The van der Waals surface area contributed by atoms with E-state index in [0.29, 0.717) is 22.6 Å². The van der Waals surface area contributed by atoms with Gasteiger partial charge in [-0.3, -0.25) is 4.79 Å². The van der Waals surface area contributed by atoms with Gasteiger partial charge in [0.2, 0.25) is 5.91 Å². The smallest absolute Gasteiger partial charge is 0.236 e. The molecular formula is C15H18ClN3O2S. The number of amides is 1. The zero-order valence-electron chi connectivity index (χ0n) is 12.3. The van der Waals surface area contributed by atoms with Crippen LogP contribution in [0.15, 0.2) is 28.4 Å².